The summed E-state index contributed by atoms with van der Waals surface area (Å²) in [5.41, 5.74) is 0. The van der Waals surface area contributed by atoms with Gasteiger partial charge < -0.3 is 0 Å². The van der Waals surface area contributed by atoms with Gasteiger partial charge >= 0.3 is 5.97 Å². The smallest absolute Gasteiger partial charge is 0.294 e. The average molecular weight is 240 g/mol. The zero-order valence-electron chi connectivity index (χ0n) is 10.7. The summed E-state index contributed by atoms with van der Waals surface area (Å²) in [5.74, 6) is -0.535. The highest BCUT2D eigenvalue weighted by molar-refractivity contribution is 5.80. The molecule has 3 heteroatoms. The van der Waals surface area contributed by atoms with E-state index < -0.39 is 5.97 Å². The predicted molar refractivity (Wildman–Crippen MR) is 69.4 cm³/mol. The van der Waals surface area contributed by atoms with E-state index >= 15 is 0 Å². The molecule has 0 aliphatic carbocycles. The van der Waals surface area contributed by atoms with E-state index in [1.54, 1.807) is 0 Å². The minimum absolute atomic E-state index is 0.468. The van der Waals surface area contributed by atoms with Crippen molar-refractivity contribution in [3.8, 4) is 0 Å². The van der Waals surface area contributed by atoms with Crippen LogP contribution < -0.4 is 0 Å². The van der Waals surface area contributed by atoms with Gasteiger partial charge in [-0.15, -0.1) is 6.58 Å². The molecular weight excluding hydrogens is 216 g/mol. The van der Waals surface area contributed by atoms with Crippen LogP contribution in [-0.2, 0) is 14.6 Å². The van der Waals surface area contributed by atoms with E-state index in [0.29, 0.717) is 6.61 Å². The van der Waals surface area contributed by atoms with Gasteiger partial charge in [0.2, 0.25) is 0 Å². The maximum atomic E-state index is 10.6. The van der Waals surface area contributed by atoms with E-state index in [9.17, 15) is 4.79 Å². The first-order chi connectivity index (χ1) is 8.31. The lowest BCUT2D eigenvalue weighted by molar-refractivity contribution is -0.267. The molecule has 0 aromatic heterocycles. The molecule has 0 saturated carbocycles. The summed E-state index contributed by atoms with van der Waals surface area (Å²) in [6.45, 7) is 7.44. The molecular formula is C14H24O3. The van der Waals surface area contributed by atoms with Crippen molar-refractivity contribution in [2.75, 3.05) is 6.61 Å². The molecule has 0 bridgehead atoms. The molecule has 3 nitrogen and oxygen atoms in total. The van der Waals surface area contributed by atoms with Gasteiger partial charge in [0.1, 0.15) is 0 Å². The fraction of sp³-hybridized carbons (Fsp3) is 0.643. The molecule has 0 aromatic rings. The lowest BCUT2D eigenvalue weighted by Crippen LogP contribution is -2.02. The highest BCUT2D eigenvalue weighted by atomic mass is 17.2. The molecule has 0 aromatic carbocycles. The van der Waals surface area contributed by atoms with Crippen molar-refractivity contribution >= 4 is 5.97 Å². The number of allylic oxidation sites excluding steroid dienone is 1. The number of rotatable bonds is 12. The number of unbranched alkanes of at least 4 members (excludes halogenated alkanes) is 7. The van der Waals surface area contributed by atoms with Crippen molar-refractivity contribution < 1.29 is 14.6 Å². The quantitative estimate of drug-likeness (QED) is 0.170. The van der Waals surface area contributed by atoms with Crippen molar-refractivity contribution in [2.24, 2.45) is 0 Å². The fourth-order valence-corrected chi connectivity index (χ4v) is 1.47. The Labute approximate surface area is 104 Å². The second-order valence-electron chi connectivity index (χ2n) is 3.98. The van der Waals surface area contributed by atoms with Gasteiger partial charge in [-0.25, -0.2) is 4.79 Å². The van der Waals surface area contributed by atoms with Crippen LogP contribution in [0.4, 0.5) is 0 Å². The third kappa shape index (κ3) is 12.8. The van der Waals surface area contributed by atoms with Crippen molar-refractivity contribution in [1.29, 1.82) is 0 Å². The zero-order chi connectivity index (χ0) is 12.8. The van der Waals surface area contributed by atoms with Crippen LogP contribution in [-0.4, -0.2) is 12.6 Å². The third-order valence-electron chi connectivity index (χ3n) is 2.44. The van der Waals surface area contributed by atoms with Gasteiger partial charge in [-0.05, 0) is 19.3 Å². The Morgan fingerprint density at radius 2 is 1.53 bits per heavy atom. The molecule has 0 aliphatic heterocycles. The van der Waals surface area contributed by atoms with Gasteiger partial charge in [-0.1, -0.05) is 44.8 Å². The van der Waals surface area contributed by atoms with Gasteiger partial charge in [-0.2, -0.15) is 4.89 Å². The Kier molecular flexibility index (Phi) is 12.1. The largest absolute Gasteiger partial charge is 0.365 e. The summed E-state index contributed by atoms with van der Waals surface area (Å²) in [6.07, 6.45) is 12.6. The zero-order valence-corrected chi connectivity index (χ0v) is 10.7. The van der Waals surface area contributed by atoms with Crippen LogP contribution in [0.3, 0.4) is 0 Å². The minimum atomic E-state index is -0.535. The van der Waals surface area contributed by atoms with Crippen LogP contribution in [0.25, 0.3) is 0 Å². The predicted octanol–water partition coefficient (Wildman–Crippen LogP) is 3.95. The molecule has 0 aliphatic rings. The SMILES string of the molecule is C=CCCCCCCCCCOOC(=O)C=C. The van der Waals surface area contributed by atoms with Gasteiger partial charge in [0, 0.05) is 6.08 Å². The highest BCUT2D eigenvalue weighted by Gasteiger charge is 1.96. The van der Waals surface area contributed by atoms with Crippen LogP contribution in [0.5, 0.6) is 0 Å². The van der Waals surface area contributed by atoms with Crippen LogP contribution >= 0.6 is 0 Å². The molecule has 0 radical (unpaired) electrons. The van der Waals surface area contributed by atoms with E-state index in [1.165, 1.54) is 32.1 Å². The van der Waals surface area contributed by atoms with Crippen LogP contribution in [0.15, 0.2) is 25.3 Å². The Bertz CT molecular complexity index is 212. The average Bonchev–Trinajstić information content (AvgIpc) is 2.35. The maximum Gasteiger partial charge on any atom is 0.365 e. The van der Waals surface area contributed by atoms with Gasteiger partial charge in [0.25, 0.3) is 0 Å². The van der Waals surface area contributed by atoms with Gasteiger partial charge in [0.15, 0.2) is 0 Å². The topological polar surface area (TPSA) is 35.5 Å². The number of hydrogen-bond acceptors (Lipinski definition) is 3. The Hall–Kier alpha value is -1.09. The number of carbonyl (C=O) groups excluding carboxylic acids is 1. The Balaban J connectivity index is 3.01. The Morgan fingerprint density at radius 1 is 0.941 bits per heavy atom. The summed E-state index contributed by atoms with van der Waals surface area (Å²) in [5, 5.41) is 0. The number of hydrogen-bond donors (Lipinski definition) is 0. The molecule has 0 N–H and O–H groups in total. The molecule has 0 amide bonds. The van der Waals surface area contributed by atoms with E-state index in [4.69, 9.17) is 4.89 Å². The summed E-state index contributed by atoms with van der Waals surface area (Å²) >= 11 is 0. The van der Waals surface area contributed by atoms with Crippen LogP contribution in [0.1, 0.15) is 51.4 Å². The summed E-state index contributed by atoms with van der Waals surface area (Å²) in [6, 6.07) is 0. The van der Waals surface area contributed by atoms with Gasteiger partial charge in [-0.3, -0.25) is 4.89 Å². The molecule has 0 fully saturated rings. The van der Waals surface area contributed by atoms with E-state index in [-0.39, 0.29) is 0 Å². The minimum Gasteiger partial charge on any atom is -0.294 e. The van der Waals surface area contributed by atoms with Crippen molar-refractivity contribution in [3.05, 3.63) is 25.3 Å². The van der Waals surface area contributed by atoms with Crippen molar-refractivity contribution in [1.82, 2.24) is 0 Å². The summed E-state index contributed by atoms with van der Waals surface area (Å²) in [4.78, 5) is 19.7. The van der Waals surface area contributed by atoms with E-state index in [0.717, 1.165) is 25.3 Å². The molecule has 0 rings (SSSR count). The lowest BCUT2D eigenvalue weighted by atomic mass is 10.1. The van der Waals surface area contributed by atoms with Crippen molar-refractivity contribution in [3.63, 3.8) is 0 Å². The molecule has 0 saturated heterocycles. The first-order valence-corrected chi connectivity index (χ1v) is 6.38. The normalized spacial score (nSPS) is 9.88. The fourth-order valence-electron chi connectivity index (χ4n) is 1.47. The highest BCUT2D eigenvalue weighted by Crippen LogP contribution is 2.08. The Morgan fingerprint density at radius 3 is 2.12 bits per heavy atom. The van der Waals surface area contributed by atoms with Gasteiger partial charge in [0.05, 0.1) is 6.61 Å². The molecule has 0 heterocycles. The first-order valence-electron chi connectivity index (χ1n) is 6.38. The molecule has 0 atom stereocenters. The molecule has 98 valence electrons. The van der Waals surface area contributed by atoms with Crippen molar-refractivity contribution in [2.45, 2.75) is 51.4 Å². The third-order valence-corrected chi connectivity index (χ3v) is 2.44. The van der Waals surface area contributed by atoms with Crippen LogP contribution in [0, 0.1) is 0 Å². The lowest BCUT2D eigenvalue weighted by Gasteiger charge is -2.02. The molecule has 0 unspecified atom stereocenters. The van der Waals surface area contributed by atoms with E-state index in [2.05, 4.69) is 18.0 Å². The maximum absolute atomic E-state index is 10.6. The molecule has 17 heavy (non-hydrogen) atoms. The second kappa shape index (κ2) is 13.0. The first kappa shape index (κ1) is 15.9. The standard InChI is InChI=1S/C14H24O3/c1-3-5-6-7-8-9-10-11-12-13-16-17-14(15)4-2/h3-4H,1-2,5-13H2. The van der Waals surface area contributed by atoms with Crippen LogP contribution in [0.2, 0.25) is 0 Å². The molecule has 0 spiro atoms. The van der Waals surface area contributed by atoms with E-state index in [1.807, 2.05) is 6.08 Å². The summed E-state index contributed by atoms with van der Waals surface area (Å²) < 4.78 is 0. The summed E-state index contributed by atoms with van der Waals surface area (Å²) in [7, 11) is 0. The second-order valence-corrected chi connectivity index (χ2v) is 3.98. The number of carbonyl (C=O) groups is 1. The monoisotopic (exact) mass is 240 g/mol.